The summed E-state index contributed by atoms with van der Waals surface area (Å²) in [5, 5.41) is 20.0. The van der Waals surface area contributed by atoms with Crippen molar-refractivity contribution in [2.45, 2.75) is 52.8 Å². The SMILES string of the molecule is C[C@@H](O)[C@H]1C(=O)N2C(C(=O)OCOC(=O)C(C)(C)C)=C(c3cccc(CNC=N)c3)C[C@H]12. The number of β-lactam (4-membered cyclic amide) rings is 1. The standard InChI is InChI=1S/C23H29N3O6/c1-13(27)18-17-9-16(15-7-5-6-14(8-15)10-25-11-24)19(26(17)20(18)28)21(29)31-12-32-22(30)23(2,3)4/h5-8,11,13,17-18,27H,9-10,12H2,1-4H3,(H2,24,25)/t13-,17-,18-/m1/s1. The second kappa shape index (κ2) is 9.12. The molecule has 3 atom stereocenters. The van der Waals surface area contributed by atoms with E-state index in [1.54, 1.807) is 27.7 Å². The van der Waals surface area contributed by atoms with Gasteiger partial charge in [-0.1, -0.05) is 18.2 Å². The molecule has 2 aliphatic rings. The monoisotopic (exact) mass is 443 g/mol. The quantitative estimate of drug-likeness (QED) is 0.184. The number of nitrogens with one attached hydrogen (secondary N) is 2. The Labute approximate surface area is 186 Å². The van der Waals surface area contributed by atoms with Crippen LogP contribution >= 0.6 is 0 Å². The molecule has 0 saturated carbocycles. The van der Waals surface area contributed by atoms with E-state index in [1.165, 1.54) is 4.90 Å². The van der Waals surface area contributed by atoms with Gasteiger partial charge in [-0.2, -0.15) is 0 Å². The molecule has 1 aromatic carbocycles. The molecule has 2 heterocycles. The third-order valence-corrected chi connectivity index (χ3v) is 5.60. The van der Waals surface area contributed by atoms with Crippen LogP contribution in [-0.2, 0) is 30.4 Å². The molecule has 0 spiro atoms. The summed E-state index contributed by atoms with van der Waals surface area (Å²) < 4.78 is 10.2. The third-order valence-electron chi connectivity index (χ3n) is 5.60. The first-order chi connectivity index (χ1) is 15.1. The zero-order chi connectivity index (χ0) is 23.6. The summed E-state index contributed by atoms with van der Waals surface area (Å²) in [4.78, 5) is 39.0. The number of nitrogens with zero attached hydrogens (tertiary/aromatic N) is 1. The van der Waals surface area contributed by atoms with Crippen molar-refractivity contribution in [1.82, 2.24) is 10.2 Å². The molecule has 0 aromatic heterocycles. The van der Waals surface area contributed by atoms with Gasteiger partial charge in [0, 0.05) is 6.54 Å². The highest BCUT2D eigenvalue weighted by atomic mass is 16.7. The Bertz CT molecular complexity index is 963. The van der Waals surface area contributed by atoms with Gasteiger partial charge in [-0.25, -0.2) is 4.79 Å². The largest absolute Gasteiger partial charge is 0.427 e. The van der Waals surface area contributed by atoms with Crippen molar-refractivity contribution >= 4 is 29.8 Å². The maximum Gasteiger partial charge on any atom is 0.358 e. The van der Waals surface area contributed by atoms with Gasteiger partial charge in [0.15, 0.2) is 0 Å². The lowest BCUT2D eigenvalue weighted by Crippen LogP contribution is -2.61. The van der Waals surface area contributed by atoms with Gasteiger partial charge in [0.2, 0.25) is 12.7 Å². The summed E-state index contributed by atoms with van der Waals surface area (Å²) in [6, 6.07) is 7.11. The first-order valence-corrected chi connectivity index (χ1v) is 10.5. The topological polar surface area (TPSA) is 129 Å². The number of carbonyl (C=O) groups is 3. The molecule has 9 nitrogen and oxygen atoms in total. The maximum absolute atomic E-state index is 13.0. The van der Waals surface area contributed by atoms with E-state index in [-0.39, 0.29) is 17.6 Å². The first-order valence-electron chi connectivity index (χ1n) is 10.5. The van der Waals surface area contributed by atoms with Crippen LogP contribution in [0.1, 0.15) is 45.2 Å². The molecule has 1 fully saturated rings. The number of aliphatic hydroxyl groups excluding tert-OH is 1. The number of esters is 2. The number of aliphatic hydroxyl groups is 1. The van der Waals surface area contributed by atoms with Crippen molar-refractivity contribution in [3.8, 4) is 0 Å². The van der Waals surface area contributed by atoms with E-state index in [4.69, 9.17) is 14.9 Å². The van der Waals surface area contributed by atoms with Crippen molar-refractivity contribution in [2.24, 2.45) is 11.3 Å². The average molecular weight is 444 g/mol. The van der Waals surface area contributed by atoms with Crippen molar-refractivity contribution in [3.63, 3.8) is 0 Å². The lowest BCUT2D eigenvalue weighted by Gasteiger charge is -2.44. The summed E-state index contributed by atoms with van der Waals surface area (Å²) in [7, 11) is 0. The average Bonchev–Trinajstić information content (AvgIpc) is 3.06. The van der Waals surface area contributed by atoms with Crippen LogP contribution in [0.4, 0.5) is 0 Å². The fourth-order valence-corrected chi connectivity index (χ4v) is 3.98. The zero-order valence-corrected chi connectivity index (χ0v) is 18.7. The second-order valence-electron chi connectivity index (χ2n) is 9.03. The maximum atomic E-state index is 13.0. The molecular formula is C23H29N3O6. The fourth-order valence-electron chi connectivity index (χ4n) is 3.98. The molecular weight excluding hydrogens is 414 g/mol. The van der Waals surface area contributed by atoms with Gasteiger partial charge in [-0.3, -0.25) is 15.0 Å². The Morgan fingerprint density at radius 3 is 2.69 bits per heavy atom. The minimum atomic E-state index is -0.837. The summed E-state index contributed by atoms with van der Waals surface area (Å²) in [6.07, 6.45) is 0.659. The van der Waals surface area contributed by atoms with Crippen LogP contribution < -0.4 is 5.32 Å². The van der Waals surface area contributed by atoms with Gasteiger partial charge in [-0.15, -0.1) is 0 Å². The number of benzene rings is 1. The molecule has 9 heteroatoms. The predicted molar refractivity (Wildman–Crippen MR) is 116 cm³/mol. The Morgan fingerprint density at radius 2 is 2.06 bits per heavy atom. The third kappa shape index (κ3) is 4.52. The number of ether oxygens (including phenoxy) is 2. The minimum Gasteiger partial charge on any atom is -0.427 e. The minimum absolute atomic E-state index is 0.112. The van der Waals surface area contributed by atoms with Crippen LogP contribution in [-0.4, -0.2) is 53.1 Å². The highest BCUT2D eigenvalue weighted by Gasteiger charge is 2.57. The Hall–Kier alpha value is -3.20. The number of rotatable bonds is 8. The van der Waals surface area contributed by atoms with E-state index < -0.39 is 36.2 Å². The van der Waals surface area contributed by atoms with Crippen molar-refractivity contribution in [3.05, 3.63) is 41.1 Å². The highest BCUT2D eigenvalue weighted by molar-refractivity contribution is 6.06. The second-order valence-corrected chi connectivity index (χ2v) is 9.03. The lowest BCUT2D eigenvalue weighted by atomic mass is 9.82. The first kappa shape index (κ1) is 23.5. The molecule has 3 rings (SSSR count). The molecule has 1 amide bonds. The number of hydrogen-bond acceptors (Lipinski definition) is 7. The van der Waals surface area contributed by atoms with Crippen molar-refractivity contribution < 1.29 is 29.0 Å². The van der Waals surface area contributed by atoms with E-state index in [1.807, 2.05) is 24.3 Å². The molecule has 0 bridgehead atoms. The number of fused-ring (bicyclic) bond motifs is 1. The van der Waals surface area contributed by atoms with Crippen LogP contribution in [0.3, 0.4) is 0 Å². The predicted octanol–water partition coefficient (Wildman–Crippen LogP) is 1.80. The summed E-state index contributed by atoms with van der Waals surface area (Å²) in [5.41, 5.74) is 1.66. The molecule has 3 N–H and O–H groups in total. The van der Waals surface area contributed by atoms with Crippen LogP contribution in [0.25, 0.3) is 5.57 Å². The molecule has 172 valence electrons. The number of hydrogen-bond donors (Lipinski definition) is 3. The molecule has 32 heavy (non-hydrogen) atoms. The molecule has 0 radical (unpaired) electrons. The number of amides is 1. The summed E-state index contributed by atoms with van der Waals surface area (Å²) in [5.74, 6) is -2.19. The lowest BCUT2D eigenvalue weighted by molar-refractivity contribution is -0.175. The molecule has 1 aromatic rings. The van der Waals surface area contributed by atoms with E-state index in [0.29, 0.717) is 18.5 Å². The Balaban J connectivity index is 1.87. The van der Waals surface area contributed by atoms with Crippen molar-refractivity contribution in [2.75, 3.05) is 6.79 Å². The normalized spacial score (nSPS) is 20.9. The van der Waals surface area contributed by atoms with Crippen LogP contribution in [0.15, 0.2) is 30.0 Å². The molecule has 0 unspecified atom stereocenters. The summed E-state index contributed by atoms with van der Waals surface area (Å²) >= 11 is 0. The summed E-state index contributed by atoms with van der Waals surface area (Å²) in [6.45, 7) is 6.51. The number of carbonyl (C=O) groups excluding carboxylic acids is 3. The van der Waals surface area contributed by atoms with Gasteiger partial charge in [0.05, 0.1) is 29.8 Å². The van der Waals surface area contributed by atoms with Gasteiger partial charge >= 0.3 is 11.9 Å². The van der Waals surface area contributed by atoms with Gasteiger partial charge in [-0.05, 0) is 56.9 Å². The van der Waals surface area contributed by atoms with E-state index in [2.05, 4.69) is 5.32 Å². The zero-order valence-electron chi connectivity index (χ0n) is 18.7. The van der Waals surface area contributed by atoms with E-state index in [0.717, 1.165) is 17.5 Å². The van der Waals surface area contributed by atoms with E-state index in [9.17, 15) is 19.5 Å². The fraction of sp³-hybridized carbons (Fsp3) is 0.478. The Morgan fingerprint density at radius 1 is 1.34 bits per heavy atom. The molecule has 2 aliphatic heterocycles. The van der Waals surface area contributed by atoms with Crippen molar-refractivity contribution in [1.29, 1.82) is 5.41 Å². The van der Waals surface area contributed by atoms with Gasteiger partial charge in [0.1, 0.15) is 5.70 Å². The van der Waals surface area contributed by atoms with Gasteiger partial charge in [0.25, 0.3) is 0 Å². The highest BCUT2D eigenvalue weighted by Crippen LogP contribution is 2.47. The Kier molecular flexibility index (Phi) is 6.68. The smallest absolute Gasteiger partial charge is 0.358 e. The molecule has 1 saturated heterocycles. The van der Waals surface area contributed by atoms with Gasteiger partial charge < -0.3 is 24.8 Å². The van der Waals surface area contributed by atoms with Crippen LogP contribution in [0.2, 0.25) is 0 Å². The molecule has 0 aliphatic carbocycles. The van der Waals surface area contributed by atoms with Crippen LogP contribution in [0.5, 0.6) is 0 Å². The van der Waals surface area contributed by atoms with E-state index >= 15 is 0 Å². The van der Waals surface area contributed by atoms with Crippen LogP contribution in [0, 0.1) is 16.7 Å².